The Bertz CT molecular complexity index is 500. The molecule has 0 N–H and O–H groups in total. The summed E-state index contributed by atoms with van der Waals surface area (Å²) in [6, 6.07) is -1.13. The number of esters is 1. The number of fused-ring (bicyclic) bond motifs is 1. The minimum atomic E-state index is -3.62. The Morgan fingerprint density at radius 3 is 2.53 bits per heavy atom. The lowest BCUT2D eigenvalue weighted by atomic mass is 9.98. The molecule has 1 amide bonds. The van der Waals surface area contributed by atoms with Crippen molar-refractivity contribution in [3.63, 3.8) is 0 Å². The highest BCUT2D eigenvalue weighted by atomic mass is 79.9. The molecule has 2 aliphatic rings. The number of β-lactam (4-membered cyclic amide) rings is 1. The zero-order valence-corrected chi connectivity index (χ0v) is 11.6. The van der Waals surface area contributed by atoms with E-state index in [0.717, 1.165) is 4.90 Å². The predicted octanol–water partition coefficient (Wildman–Crippen LogP) is -0.171. The van der Waals surface area contributed by atoms with Crippen LogP contribution in [0, 0.1) is 7.11 Å². The number of ether oxygens (including phenoxy) is 1. The number of hydrogen-bond donors (Lipinski definition) is 0. The maximum Gasteiger partial charge on any atom is 0.330 e. The van der Waals surface area contributed by atoms with Crippen LogP contribution in [-0.4, -0.2) is 46.2 Å². The van der Waals surface area contributed by atoms with E-state index in [4.69, 9.17) is 0 Å². The molecule has 6 nitrogen and oxygen atoms in total. The highest BCUT2D eigenvalue weighted by molar-refractivity contribution is 9.10. The Kier molecular flexibility index (Phi) is 2.59. The average Bonchev–Trinajstić information content (AvgIpc) is 2.40. The fourth-order valence-electron chi connectivity index (χ4n) is 2.31. The largest absolute Gasteiger partial charge is 0.460 e. The van der Waals surface area contributed by atoms with Crippen LogP contribution in [0.1, 0.15) is 13.8 Å². The number of rotatable bonds is 1. The van der Waals surface area contributed by atoms with Gasteiger partial charge in [-0.15, -0.1) is 0 Å². The predicted molar refractivity (Wildman–Crippen MR) is 61.6 cm³/mol. The van der Waals surface area contributed by atoms with Crippen LogP contribution in [0.15, 0.2) is 0 Å². The first-order valence-electron chi connectivity index (χ1n) is 4.83. The molecule has 0 spiro atoms. The van der Waals surface area contributed by atoms with Gasteiger partial charge in [0.05, 0.1) is 0 Å². The Morgan fingerprint density at radius 1 is 1.53 bits per heavy atom. The number of nitrogens with zero attached hydrogens (tertiary/aromatic N) is 1. The van der Waals surface area contributed by atoms with E-state index in [2.05, 4.69) is 27.8 Å². The second kappa shape index (κ2) is 3.44. The Hall–Kier alpha value is -0.630. The highest BCUT2D eigenvalue weighted by Crippen LogP contribution is 2.48. The van der Waals surface area contributed by atoms with E-state index in [-0.39, 0.29) is 0 Å². The van der Waals surface area contributed by atoms with Gasteiger partial charge in [0.15, 0.2) is 15.2 Å². The summed E-state index contributed by atoms with van der Waals surface area (Å²) in [5.41, 5.74) is 0. The standard InChI is InChI=1S/C9H11BrNO5S/c1-9(2)5(8(13)16-3)11-6(12)4(10)7(11)17(9,14)15/h4-5,7H,3H2,1-2H3/t4-,5-,7+/m0/s1. The van der Waals surface area contributed by atoms with Crippen molar-refractivity contribution in [3.05, 3.63) is 7.11 Å². The topological polar surface area (TPSA) is 80.8 Å². The van der Waals surface area contributed by atoms with Crippen LogP contribution in [-0.2, 0) is 24.2 Å². The fourth-order valence-corrected chi connectivity index (χ4v) is 5.75. The van der Waals surface area contributed by atoms with Crippen molar-refractivity contribution in [2.75, 3.05) is 0 Å². The third-order valence-electron chi connectivity index (χ3n) is 3.37. The van der Waals surface area contributed by atoms with Crippen LogP contribution in [0.5, 0.6) is 0 Å². The van der Waals surface area contributed by atoms with Gasteiger partial charge in [0.1, 0.15) is 22.7 Å². The van der Waals surface area contributed by atoms with Gasteiger partial charge in [-0.2, -0.15) is 0 Å². The van der Waals surface area contributed by atoms with Gasteiger partial charge in [-0.1, -0.05) is 15.9 Å². The molecule has 2 saturated heterocycles. The van der Waals surface area contributed by atoms with Gasteiger partial charge in [0.2, 0.25) is 5.91 Å². The monoisotopic (exact) mass is 324 g/mol. The molecule has 2 heterocycles. The summed E-state index contributed by atoms with van der Waals surface area (Å²) >= 11 is 3.02. The first-order valence-corrected chi connectivity index (χ1v) is 7.29. The molecule has 17 heavy (non-hydrogen) atoms. The minimum Gasteiger partial charge on any atom is -0.460 e. The Morgan fingerprint density at radius 2 is 2.06 bits per heavy atom. The van der Waals surface area contributed by atoms with Crippen molar-refractivity contribution in [1.82, 2.24) is 4.90 Å². The number of halogens is 1. The molecule has 0 aliphatic carbocycles. The van der Waals surface area contributed by atoms with Crippen LogP contribution in [0.25, 0.3) is 0 Å². The molecule has 0 bridgehead atoms. The zero-order chi connectivity index (χ0) is 13.2. The quantitative estimate of drug-likeness (QED) is 0.380. The molecule has 8 heteroatoms. The van der Waals surface area contributed by atoms with Gasteiger partial charge >= 0.3 is 5.97 Å². The van der Waals surface area contributed by atoms with Crippen molar-refractivity contribution in [1.29, 1.82) is 0 Å². The third-order valence-corrected chi connectivity index (χ3v) is 7.44. The fraction of sp³-hybridized carbons (Fsp3) is 0.667. The molecule has 1 radical (unpaired) electrons. The summed E-state index contributed by atoms with van der Waals surface area (Å²) in [6.45, 7) is 2.82. The van der Waals surface area contributed by atoms with Crippen LogP contribution in [0.4, 0.5) is 0 Å². The van der Waals surface area contributed by atoms with E-state index < -0.39 is 42.7 Å². The summed E-state index contributed by atoms with van der Waals surface area (Å²) in [4.78, 5) is 23.5. The minimum absolute atomic E-state index is 0.417. The van der Waals surface area contributed by atoms with Gasteiger partial charge in [0.25, 0.3) is 0 Å². The molecule has 2 fully saturated rings. The molecule has 95 valence electrons. The molecule has 0 aromatic heterocycles. The number of amides is 1. The number of sulfone groups is 1. The summed E-state index contributed by atoms with van der Waals surface area (Å²) in [6.07, 6.45) is 0. The lowest BCUT2D eigenvalue weighted by molar-refractivity contribution is -0.157. The summed E-state index contributed by atoms with van der Waals surface area (Å²) in [5, 5.41) is -0.992. The molecular weight excluding hydrogens is 314 g/mol. The Labute approximate surface area is 107 Å². The number of carbonyl (C=O) groups excluding carboxylic acids is 2. The summed E-state index contributed by atoms with van der Waals surface area (Å²) < 4.78 is 27.4. The second-order valence-electron chi connectivity index (χ2n) is 4.55. The molecular formula is C9H11BrNO5S. The zero-order valence-electron chi connectivity index (χ0n) is 9.21. The molecule has 0 unspecified atom stereocenters. The second-order valence-corrected chi connectivity index (χ2v) is 8.16. The van der Waals surface area contributed by atoms with Crippen molar-refractivity contribution >= 4 is 37.6 Å². The van der Waals surface area contributed by atoms with Crippen molar-refractivity contribution in [3.8, 4) is 0 Å². The van der Waals surface area contributed by atoms with E-state index in [9.17, 15) is 18.0 Å². The van der Waals surface area contributed by atoms with E-state index in [0.29, 0.717) is 0 Å². The Balaban J connectivity index is 2.55. The molecule has 0 aromatic carbocycles. The van der Waals surface area contributed by atoms with Crippen molar-refractivity contribution in [2.24, 2.45) is 0 Å². The van der Waals surface area contributed by atoms with Crippen molar-refractivity contribution in [2.45, 2.75) is 34.8 Å². The summed E-state index contributed by atoms with van der Waals surface area (Å²) in [5.74, 6) is -1.23. The highest BCUT2D eigenvalue weighted by Gasteiger charge is 2.71. The van der Waals surface area contributed by atoms with Crippen LogP contribution < -0.4 is 0 Å². The number of carbonyl (C=O) groups is 2. The maximum atomic E-state index is 12.2. The van der Waals surface area contributed by atoms with Crippen LogP contribution in [0.2, 0.25) is 0 Å². The van der Waals surface area contributed by atoms with Gasteiger partial charge in [0, 0.05) is 0 Å². The van der Waals surface area contributed by atoms with E-state index in [1.165, 1.54) is 13.8 Å². The number of hydrogen-bond acceptors (Lipinski definition) is 5. The first kappa shape index (κ1) is 12.8. The van der Waals surface area contributed by atoms with E-state index in [1.54, 1.807) is 0 Å². The van der Waals surface area contributed by atoms with Gasteiger partial charge in [-0.25, -0.2) is 13.2 Å². The van der Waals surface area contributed by atoms with Gasteiger partial charge in [-0.3, -0.25) is 4.79 Å². The van der Waals surface area contributed by atoms with Crippen molar-refractivity contribution < 1.29 is 22.7 Å². The molecule has 0 aromatic rings. The van der Waals surface area contributed by atoms with Gasteiger partial charge in [-0.05, 0) is 13.8 Å². The van der Waals surface area contributed by atoms with Crippen LogP contribution in [0.3, 0.4) is 0 Å². The lowest BCUT2D eigenvalue weighted by Gasteiger charge is -2.39. The maximum absolute atomic E-state index is 12.2. The van der Waals surface area contributed by atoms with Crippen LogP contribution >= 0.6 is 15.9 Å². The average molecular weight is 325 g/mol. The first-order chi connectivity index (χ1) is 7.67. The third kappa shape index (κ3) is 1.28. The smallest absolute Gasteiger partial charge is 0.330 e. The molecule has 0 saturated carbocycles. The van der Waals surface area contributed by atoms with E-state index >= 15 is 0 Å². The number of alkyl halides is 1. The summed E-state index contributed by atoms with van der Waals surface area (Å²) in [7, 11) is -0.645. The lowest BCUT2D eigenvalue weighted by Crippen LogP contribution is -2.64. The molecule has 2 aliphatic heterocycles. The SMILES string of the molecule is [CH2]OC(=O)[C@@H]1N2C(=O)[C@H](Br)[C@H]2S(=O)(=O)C1(C)C. The molecule has 2 rings (SSSR count). The normalized spacial score (nSPS) is 37.3. The van der Waals surface area contributed by atoms with Gasteiger partial charge < -0.3 is 9.64 Å². The molecule has 3 atom stereocenters. The van der Waals surface area contributed by atoms with E-state index in [1.807, 2.05) is 0 Å².